The number of para-hydroxylation sites is 1. The zero-order valence-corrected chi connectivity index (χ0v) is 10.9. The van der Waals surface area contributed by atoms with Gasteiger partial charge in [-0.2, -0.15) is 0 Å². The number of aliphatic carboxylic acids is 1. The SMILES string of the molecule is C[C@H]1[C@@H](CC(=O)O)N(C)CCN1c1ccccc1. The van der Waals surface area contributed by atoms with Gasteiger partial charge < -0.3 is 10.0 Å². The van der Waals surface area contributed by atoms with Crippen molar-refractivity contribution in [2.24, 2.45) is 0 Å². The minimum atomic E-state index is -0.728. The van der Waals surface area contributed by atoms with Gasteiger partial charge in [0.15, 0.2) is 0 Å². The van der Waals surface area contributed by atoms with Gasteiger partial charge in [-0.05, 0) is 26.1 Å². The molecule has 18 heavy (non-hydrogen) atoms. The summed E-state index contributed by atoms with van der Waals surface area (Å²) in [7, 11) is 2.01. The number of benzene rings is 1. The molecule has 1 aromatic carbocycles. The third kappa shape index (κ3) is 2.64. The maximum absolute atomic E-state index is 11.0. The van der Waals surface area contributed by atoms with Crippen LogP contribution in [0, 0.1) is 0 Å². The molecule has 1 fully saturated rings. The summed E-state index contributed by atoms with van der Waals surface area (Å²) in [6, 6.07) is 10.5. The molecule has 4 heteroatoms. The van der Waals surface area contributed by atoms with Crippen molar-refractivity contribution in [2.45, 2.75) is 25.4 Å². The van der Waals surface area contributed by atoms with Gasteiger partial charge in [-0.3, -0.25) is 9.69 Å². The number of carbonyl (C=O) groups is 1. The molecule has 1 N–H and O–H groups in total. The number of hydrogen-bond acceptors (Lipinski definition) is 3. The first kappa shape index (κ1) is 12.9. The van der Waals surface area contributed by atoms with E-state index in [0.29, 0.717) is 0 Å². The lowest BCUT2D eigenvalue weighted by Gasteiger charge is -2.45. The standard InChI is InChI=1S/C14H20N2O2/c1-11-13(10-14(17)18)15(2)8-9-16(11)12-6-4-3-5-7-12/h3-7,11,13H,8-10H2,1-2H3,(H,17,18)/t11-,13+/m0/s1. The van der Waals surface area contributed by atoms with E-state index < -0.39 is 5.97 Å². The third-order valence-electron chi connectivity index (χ3n) is 3.78. The molecule has 2 atom stereocenters. The van der Waals surface area contributed by atoms with E-state index in [0.717, 1.165) is 13.1 Å². The van der Waals surface area contributed by atoms with Crippen LogP contribution in [0.15, 0.2) is 30.3 Å². The molecule has 1 heterocycles. The highest BCUT2D eigenvalue weighted by atomic mass is 16.4. The minimum Gasteiger partial charge on any atom is -0.481 e. The van der Waals surface area contributed by atoms with Crippen molar-refractivity contribution in [1.29, 1.82) is 0 Å². The molecule has 0 saturated carbocycles. The second-order valence-corrected chi connectivity index (χ2v) is 4.92. The smallest absolute Gasteiger partial charge is 0.305 e. The van der Waals surface area contributed by atoms with Crippen LogP contribution in [0.5, 0.6) is 0 Å². The van der Waals surface area contributed by atoms with Crippen LogP contribution < -0.4 is 4.90 Å². The minimum absolute atomic E-state index is 0.0662. The molecule has 0 aromatic heterocycles. The Morgan fingerprint density at radius 2 is 2.00 bits per heavy atom. The van der Waals surface area contributed by atoms with Gasteiger partial charge in [-0.15, -0.1) is 0 Å². The Kier molecular flexibility index (Phi) is 3.87. The number of anilines is 1. The Morgan fingerprint density at radius 1 is 1.33 bits per heavy atom. The fraction of sp³-hybridized carbons (Fsp3) is 0.500. The summed E-state index contributed by atoms with van der Waals surface area (Å²) >= 11 is 0. The molecule has 1 aliphatic rings. The van der Waals surface area contributed by atoms with E-state index in [1.807, 2.05) is 25.2 Å². The lowest BCUT2D eigenvalue weighted by atomic mass is 9.99. The number of hydrogen-bond donors (Lipinski definition) is 1. The van der Waals surface area contributed by atoms with Gasteiger partial charge in [0.1, 0.15) is 0 Å². The molecule has 0 radical (unpaired) electrons. The Balaban J connectivity index is 2.17. The van der Waals surface area contributed by atoms with Crippen LogP contribution in [0.3, 0.4) is 0 Å². The van der Waals surface area contributed by atoms with Crippen LogP contribution >= 0.6 is 0 Å². The lowest BCUT2D eigenvalue weighted by Crippen LogP contribution is -2.57. The monoisotopic (exact) mass is 248 g/mol. The van der Waals surface area contributed by atoms with Gasteiger partial charge in [0.2, 0.25) is 0 Å². The zero-order valence-electron chi connectivity index (χ0n) is 10.9. The van der Waals surface area contributed by atoms with E-state index in [4.69, 9.17) is 5.11 Å². The number of likely N-dealkylation sites (N-methyl/N-ethyl adjacent to an activating group) is 1. The topological polar surface area (TPSA) is 43.8 Å². The Hall–Kier alpha value is -1.55. The Morgan fingerprint density at radius 3 is 2.61 bits per heavy atom. The number of rotatable bonds is 3. The van der Waals surface area contributed by atoms with Crippen molar-refractivity contribution < 1.29 is 9.90 Å². The zero-order chi connectivity index (χ0) is 13.1. The molecule has 0 unspecified atom stereocenters. The fourth-order valence-electron chi connectivity index (χ4n) is 2.70. The van der Waals surface area contributed by atoms with Crippen LogP contribution in [-0.2, 0) is 4.79 Å². The summed E-state index contributed by atoms with van der Waals surface area (Å²) < 4.78 is 0. The van der Waals surface area contributed by atoms with Gasteiger partial charge in [0.25, 0.3) is 0 Å². The highest BCUT2D eigenvalue weighted by Gasteiger charge is 2.33. The summed E-state index contributed by atoms with van der Waals surface area (Å²) in [5.41, 5.74) is 1.17. The van der Waals surface area contributed by atoms with E-state index in [9.17, 15) is 4.79 Å². The van der Waals surface area contributed by atoms with Crippen molar-refractivity contribution in [1.82, 2.24) is 4.90 Å². The highest BCUT2D eigenvalue weighted by Crippen LogP contribution is 2.24. The maximum atomic E-state index is 11.0. The van der Waals surface area contributed by atoms with Crippen molar-refractivity contribution in [3.8, 4) is 0 Å². The predicted octanol–water partition coefficient (Wildman–Crippen LogP) is 1.67. The van der Waals surface area contributed by atoms with Crippen LogP contribution in [-0.4, -0.2) is 48.2 Å². The summed E-state index contributed by atoms with van der Waals surface area (Å²) in [6.07, 6.45) is 0.195. The average Bonchev–Trinajstić information content (AvgIpc) is 2.35. The van der Waals surface area contributed by atoms with Crippen molar-refractivity contribution in [2.75, 3.05) is 25.0 Å². The van der Waals surface area contributed by atoms with E-state index >= 15 is 0 Å². The van der Waals surface area contributed by atoms with Crippen LogP contribution in [0.1, 0.15) is 13.3 Å². The summed E-state index contributed by atoms with van der Waals surface area (Å²) in [5, 5.41) is 9.01. The molecule has 98 valence electrons. The number of carboxylic acid groups (broad SMARTS) is 1. The lowest BCUT2D eigenvalue weighted by molar-refractivity contribution is -0.138. The predicted molar refractivity (Wildman–Crippen MR) is 71.9 cm³/mol. The molecule has 0 aliphatic carbocycles. The van der Waals surface area contributed by atoms with Crippen molar-refractivity contribution in [3.05, 3.63) is 30.3 Å². The van der Waals surface area contributed by atoms with Crippen LogP contribution in [0.25, 0.3) is 0 Å². The second kappa shape index (κ2) is 5.40. The van der Waals surface area contributed by atoms with Crippen LogP contribution in [0.4, 0.5) is 5.69 Å². The summed E-state index contributed by atoms with van der Waals surface area (Å²) in [6.45, 7) is 3.95. The van der Waals surface area contributed by atoms with Gasteiger partial charge in [-0.25, -0.2) is 0 Å². The highest BCUT2D eigenvalue weighted by molar-refractivity contribution is 5.68. The van der Waals surface area contributed by atoms with Gasteiger partial charge in [0.05, 0.1) is 6.42 Å². The average molecular weight is 248 g/mol. The van der Waals surface area contributed by atoms with Gasteiger partial charge in [0, 0.05) is 30.9 Å². The Labute approximate surface area is 108 Å². The molecule has 0 bridgehead atoms. The summed E-state index contributed by atoms with van der Waals surface area (Å²) in [4.78, 5) is 15.4. The fourth-order valence-corrected chi connectivity index (χ4v) is 2.70. The maximum Gasteiger partial charge on any atom is 0.305 e. The molecule has 1 aliphatic heterocycles. The largest absolute Gasteiger partial charge is 0.481 e. The first-order valence-electron chi connectivity index (χ1n) is 6.33. The van der Waals surface area contributed by atoms with Crippen LogP contribution in [0.2, 0.25) is 0 Å². The van der Waals surface area contributed by atoms with E-state index in [2.05, 4.69) is 28.9 Å². The molecule has 1 saturated heterocycles. The molecular formula is C14H20N2O2. The van der Waals surface area contributed by atoms with Crippen molar-refractivity contribution >= 4 is 11.7 Å². The number of piperazine rings is 1. The summed E-state index contributed by atoms with van der Waals surface area (Å²) in [5.74, 6) is -0.728. The quantitative estimate of drug-likeness (QED) is 0.883. The third-order valence-corrected chi connectivity index (χ3v) is 3.78. The van der Waals surface area contributed by atoms with Gasteiger partial charge >= 0.3 is 5.97 Å². The first-order valence-corrected chi connectivity index (χ1v) is 6.33. The number of carboxylic acids is 1. The van der Waals surface area contributed by atoms with E-state index in [-0.39, 0.29) is 18.5 Å². The molecule has 2 rings (SSSR count). The van der Waals surface area contributed by atoms with Gasteiger partial charge in [-0.1, -0.05) is 18.2 Å². The Bertz CT molecular complexity index is 408. The van der Waals surface area contributed by atoms with Crippen molar-refractivity contribution in [3.63, 3.8) is 0 Å². The normalized spacial score (nSPS) is 25.1. The molecular weight excluding hydrogens is 228 g/mol. The molecule has 4 nitrogen and oxygen atoms in total. The second-order valence-electron chi connectivity index (χ2n) is 4.92. The molecule has 0 spiro atoms. The van der Waals surface area contributed by atoms with E-state index in [1.165, 1.54) is 5.69 Å². The molecule has 1 aromatic rings. The first-order chi connectivity index (χ1) is 8.59. The molecule has 0 amide bonds. The van der Waals surface area contributed by atoms with E-state index in [1.54, 1.807) is 0 Å². The number of nitrogens with zero attached hydrogens (tertiary/aromatic N) is 2.